The maximum absolute atomic E-state index is 11.8. The first-order valence-corrected chi connectivity index (χ1v) is 6.88. The van der Waals surface area contributed by atoms with Crippen LogP contribution in [0.4, 0.5) is 0 Å². The number of rotatable bonds is 4. The topological polar surface area (TPSA) is 29.1 Å². The van der Waals surface area contributed by atoms with Crippen LogP contribution in [-0.2, 0) is 17.8 Å². The molecule has 1 heterocycles. The summed E-state index contributed by atoms with van der Waals surface area (Å²) in [5.41, 5.74) is 3.57. The third kappa shape index (κ3) is 3.44. The summed E-state index contributed by atoms with van der Waals surface area (Å²) in [6.07, 6.45) is 0.451. The number of benzene rings is 1. The Balaban J connectivity index is 1.88. The van der Waals surface area contributed by atoms with Gasteiger partial charge in [0.1, 0.15) is 0 Å². The van der Waals surface area contributed by atoms with Crippen LogP contribution >= 0.6 is 11.3 Å². The van der Waals surface area contributed by atoms with Gasteiger partial charge in [-0.25, -0.2) is 0 Å². The number of amides is 1. The van der Waals surface area contributed by atoms with Crippen LogP contribution in [0.15, 0.2) is 35.7 Å². The Morgan fingerprint density at radius 1 is 1.22 bits per heavy atom. The molecule has 94 valence electrons. The summed E-state index contributed by atoms with van der Waals surface area (Å²) < 4.78 is 0. The van der Waals surface area contributed by atoms with Crippen LogP contribution in [0.5, 0.6) is 0 Å². The summed E-state index contributed by atoms with van der Waals surface area (Å²) in [7, 11) is 0. The van der Waals surface area contributed by atoms with E-state index in [1.807, 2.05) is 23.6 Å². The van der Waals surface area contributed by atoms with Gasteiger partial charge < -0.3 is 5.32 Å². The lowest BCUT2D eigenvalue weighted by atomic mass is 10.0. The molecule has 1 aromatic carbocycles. The SMILES string of the molecule is Cc1ccc(CC(=O)NCc2cccs2)cc1C. The first-order chi connectivity index (χ1) is 8.65. The highest BCUT2D eigenvalue weighted by atomic mass is 32.1. The number of thiophene rings is 1. The maximum Gasteiger partial charge on any atom is 0.224 e. The van der Waals surface area contributed by atoms with E-state index in [1.165, 1.54) is 16.0 Å². The molecule has 1 amide bonds. The predicted octanol–water partition coefficient (Wildman–Crippen LogP) is 3.22. The maximum atomic E-state index is 11.8. The largest absolute Gasteiger partial charge is 0.351 e. The zero-order valence-corrected chi connectivity index (χ0v) is 11.5. The van der Waals surface area contributed by atoms with E-state index in [0.717, 1.165) is 5.56 Å². The third-order valence-electron chi connectivity index (χ3n) is 2.98. The second kappa shape index (κ2) is 5.83. The summed E-state index contributed by atoms with van der Waals surface area (Å²) in [6.45, 7) is 4.78. The van der Waals surface area contributed by atoms with Gasteiger partial charge in [-0.2, -0.15) is 0 Å². The number of hydrogen-bond acceptors (Lipinski definition) is 2. The number of hydrogen-bond donors (Lipinski definition) is 1. The molecule has 18 heavy (non-hydrogen) atoms. The molecule has 0 spiro atoms. The van der Waals surface area contributed by atoms with Gasteiger partial charge in [0.25, 0.3) is 0 Å². The van der Waals surface area contributed by atoms with E-state index in [0.29, 0.717) is 13.0 Å². The van der Waals surface area contributed by atoms with Crippen molar-refractivity contribution in [3.8, 4) is 0 Å². The van der Waals surface area contributed by atoms with Crippen LogP contribution in [0, 0.1) is 13.8 Å². The minimum absolute atomic E-state index is 0.0756. The lowest BCUT2D eigenvalue weighted by molar-refractivity contribution is -0.120. The van der Waals surface area contributed by atoms with Crippen molar-refractivity contribution < 1.29 is 4.79 Å². The zero-order chi connectivity index (χ0) is 13.0. The Morgan fingerprint density at radius 2 is 2.06 bits per heavy atom. The van der Waals surface area contributed by atoms with Gasteiger partial charge in [0, 0.05) is 4.88 Å². The molecule has 0 fully saturated rings. The van der Waals surface area contributed by atoms with Gasteiger partial charge in [-0.15, -0.1) is 11.3 Å². The highest BCUT2D eigenvalue weighted by molar-refractivity contribution is 7.09. The number of aryl methyl sites for hydroxylation is 2. The fourth-order valence-electron chi connectivity index (χ4n) is 1.76. The monoisotopic (exact) mass is 259 g/mol. The minimum atomic E-state index is 0.0756. The molecule has 1 aromatic heterocycles. The Kier molecular flexibility index (Phi) is 4.15. The van der Waals surface area contributed by atoms with Gasteiger partial charge >= 0.3 is 0 Å². The van der Waals surface area contributed by atoms with Crippen LogP contribution in [0.2, 0.25) is 0 Å². The average molecular weight is 259 g/mol. The Hall–Kier alpha value is -1.61. The summed E-state index contributed by atoms with van der Waals surface area (Å²) >= 11 is 1.66. The van der Waals surface area contributed by atoms with Gasteiger partial charge in [-0.05, 0) is 42.0 Å². The highest BCUT2D eigenvalue weighted by Gasteiger charge is 2.04. The van der Waals surface area contributed by atoms with E-state index in [2.05, 4.69) is 31.3 Å². The van der Waals surface area contributed by atoms with Gasteiger partial charge in [-0.1, -0.05) is 24.3 Å². The standard InChI is InChI=1S/C15H17NOS/c1-11-5-6-13(8-12(11)2)9-15(17)16-10-14-4-3-7-18-14/h3-8H,9-10H2,1-2H3,(H,16,17). The van der Waals surface area contributed by atoms with E-state index >= 15 is 0 Å². The summed E-state index contributed by atoms with van der Waals surface area (Å²) in [5.74, 6) is 0.0756. The number of nitrogens with one attached hydrogen (secondary N) is 1. The van der Waals surface area contributed by atoms with Crippen molar-refractivity contribution in [3.05, 3.63) is 57.3 Å². The van der Waals surface area contributed by atoms with Crippen LogP contribution in [0.25, 0.3) is 0 Å². The average Bonchev–Trinajstić information content (AvgIpc) is 2.84. The summed E-state index contributed by atoms with van der Waals surface area (Å²) in [4.78, 5) is 13.0. The van der Waals surface area contributed by atoms with Crippen LogP contribution in [0.1, 0.15) is 21.6 Å². The third-order valence-corrected chi connectivity index (χ3v) is 3.85. The molecule has 0 saturated heterocycles. The van der Waals surface area contributed by atoms with Crippen molar-refractivity contribution in [2.24, 2.45) is 0 Å². The molecule has 1 N–H and O–H groups in total. The molecule has 0 radical (unpaired) electrons. The van der Waals surface area contributed by atoms with Crippen molar-refractivity contribution >= 4 is 17.2 Å². The first-order valence-electron chi connectivity index (χ1n) is 6.00. The fraction of sp³-hybridized carbons (Fsp3) is 0.267. The fourth-order valence-corrected chi connectivity index (χ4v) is 2.40. The molecule has 0 bridgehead atoms. The van der Waals surface area contributed by atoms with Crippen molar-refractivity contribution in [1.29, 1.82) is 0 Å². The van der Waals surface area contributed by atoms with Crippen LogP contribution in [0.3, 0.4) is 0 Å². The van der Waals surface area contributed by atoms with E-state index < -0.39 is 0 Å². The van der Waals surface area contributed by atoms with E-state index in [-0.39, 0.29) is 5.91 Å². The minimum Gasteiger partial charge on any atom is -0.351 e. The smallest absolute Gasteiger partial charge is 0.224 e. The molecule has 2 rings (SSSR count). The quantitative estimate of drug-likeness (QED) is 0.897. The summed E-state index contributed by atoms with van der Waals surface area (Å²) in [6, 6.07) is 10.2. The van der Waals surface area contributed by atoms with Crippen molar-refractivity contribution in [2.45, 2.75) is 26.8 Å². The van der Waals surface area contributed by atoms with E-state index in [1.54, 1.807) is 11.3 Å². The molecule has 0 aliphatic carbocycles. The molecule has 0 aliphatic heterocycles. The van der Waals surface area contributed by atoms with Crippen molar-refractivity contribution in [3.63, 3.8) is 0 Å². The second-order valence-electron chi connectivity index (χ2n) is 4.45. The zero-order valence-electron chi connectivity index (χ0n) is 10.7. The molecule has 0 atom stereocenters. The second-order valence-corrected chi connectivity index (χ2v) is 5.48. The molecular weight excluding hydrogens is 242 g/mol. The molecular formula is C15H17NOS. The van der Waals surface area contributed by atoms with Crippen LogP contribution in [-0.4, -0.2) is 5.91 Å². The molecule has 2 aromatic rings. The number of carbonyl (C=O) groups is 1. The Bertz CT molecular complexity index is 531. The van der Waals surface area contributed by atoms with Gasteiger partial charge in [0.05, 0.1) is 13.0 Å². The van der Waals surface area contributed by atoms with Gasteiger partial charge in [0.2, 0.25) is 5.91 Å². The highest BCUT2D eigenvalue weighted by Crippen LogP contribution is 2.11. The van der Waals surface area contributed by atoms with Crippen LogP contribution < -0.4 is 5.32 Å². The van der Waals surface area contributed by atoms with E-state index in [9.17, 15) is 4.79 Å². The number of carbonyl (C=O) groups excluding carboxylic acids is 1. The van der Waals surface area contributed by atoms with Crippen molar-refractivity contribution in [1.82, 2.24) is 5.32 Å². The lowest BCUT2D eigenvalue weighted by Gasteiger charge is -2.06. The summed E-state index contributed by atoms with van der Waals surface area (Å²) in [5, 5.41) is 4.96. The first kappa shape index (κ1) is 12.8. The molecule has 3 heteroatoms. The van der Waals surface area contributed by atoms with Crippen molar-refractivity contribution in [2.75, 3.05) is 0 Å². The Labute approximate surface area is 112 Å². The molecule has 0 saturated carbocycles. The predicted molar refractivity (Wildman–Crippen MR) is 75.8 cm³/mol. The Morgan fingerprint density at radius 3 is 2.72 bits per heavy atom. The normalized spacial score (nSPS) is 10.3. The van der Waals surface area contributed by atoms with Gasteiger partial charge in [-0.3, -0.25) is 4.79 Å². The van der Waals surface area contributed by atoms with E-state index in [4.69, 9.17) is 0 Å². The molecule has 0 unspecified atom stereocenters. The molecule has 2 nitrogen and oxygen atoms in total. The lowest BCUT2D eigenvalue weighted by Crippen LogP contribution is -2.24. The molecule has 0 aliphatic rings. The van der Waals surface area contributed by atoms with Gasteiger partial charge in [0.15, 0.2) is 0 Å².